The monoisotopic (exact) mass is 200 g/mol. The second-order valence-electron chi connectivity index (χ2n) is 3.78. The number of fused-ring (bicyclic) bond motifs is 1. The van der Waals surface area contributed by atoms with Crippen molar-refractivity contribution in [3.8, 4) is 6.07 Å². The Labute approximate surface area is 88.9 Å². The summed E-state index contributed by atoms with van der Waals surface area (Å²) in [5.41, 5.74) is 3.49. The molecule has 3 nitrogen and oxygen atoms in total. The molecule has 0 atom stereocenters. The van der Waals surface area contributed by atoms with Crippen LogP contribution in [0.2, 0.25) is 0 Å². The normalized spacial score (nSPS) is 13.1. The van der Waals surface area contributed by atoms with E-state index in [0.29, 0.717) is 0 Å². The first kappa shape index (κ1) is 9.72. The van der Waals surface area contributed by atoms with Crippen molar-refractivity contribution in [2.45, 2.75) is 19.3 Å². The molecule has 3 heteroatoms. The van der Waals surface area contributed by atoms with Crippen molar-refractivity contribution in [2.24, 2.45) is 0 Å². The van der Waals surface area contributed by atoms with E-state index in [0.717, 1.165) is 18.5 Å². The summed E-state index contributed by atoms with van der Waals surface area (Å²) in [7, 11) is 1.63. The van der Waals surface area contributed by atoms with E-state index in [1.54, 1.807) is 13.1 Å². The highest BCUT2D eigenvalue weighted by molar-refractivity contribution is 6.03. The second-order valence-corrected chi connectivity index (χ2v) is 3.78. The van der Waals surface area contributed by atoms with Gasteiger partial charge in [0.05, 0.1) is 0 Å². The zero-order valence-electron chi connectivity index (χ0n) is 8.66. The number of carbonyl (C=O) groups is 1. The van der Waals surface area contributed by atoms with Gasteiger partial charge in [-0.1, -0.05) is 6.07 Å². The number of anilines is 1. The number of nitrogens with zero attached hydrogens (tertiary/aromatic N) is 2. The first-order chi connectivity index (χ1) is 7.22. The molecule has 1 amide bonds. The topological polar surface area (TPSA) is 44.1 Å². The number of amides is 1. The second kappa shape index (κ2) is 3.74. The van der Waals surface area contributed by atoms with Gasteiger partial charge < -0.3 is 4.90 Å². The van der Waals surface area contributed by atoms with Gasteiger partial charge in [-0.15, -0.1) is 0 Å². The van der Waals surface area contributed by atoms with Crippen LogP contribution in [0, 0.1) is 11.3 Å². The average molecular weight is 200 g/mol. The van der Waals surface area contributed by atoms with Gasteiger partial charge in [0.2, 0.25) is 0 Å². The van der Waals surface area contributed by atoms with Gasteiger partial charge in [0.1, 0.15) is 0 Å². The molecule has 0 saturated carbocycles. The quantitative estimate of drug-likeness (QED) is 0.647. The van der Waals surface area contributed by atoms with Crippen LogP contribution in [0.15, 0.2) is 18.2 Å². The smallest absolute Gasteiger partial charge is 0.303 e. The summed E-state index contributed by atoms with van der Waals surface area (Å²) in [6, 6.07) is 7.59. The van der Waals surface area contributed by atoms with Crippen molar-refractivity contribution in [1.82, 2.24) is 0 Å². The van der Waals surface area contributed by atoms with E-state index in [1.807, 2.05) is 12.1 Å². The van der Waals surface area contributed by atoms with Gasteiger partial charge >= 0.3 is 5.91 Å². The van der Waals surface area contributed by atoms with Crippen LogP contribution in [0.3, 0.4) is 0 Å². The molecular formula is C12H12N2O. The fourth-order valence-corrected chi connectivity index (χ4v) is 1.96. The lowest BCUT2D eigenvalue weighted by Gasteiger charge is -2.14. The lowest BCUT2D eigenvalue weighted by Crippen LogP contribution is -2.24. The van der Waals surface area contributed by atoms with Gasteiger partial charge in [-0.3, -0.25) is 4.79 Å². The first-order valence-electron chi connectivity index (χ1n) is 5.02. The van der Waals surface area contributed by atoms with Crippen molar-refractivity contribution in [3.63, 3.8) is 0 Å². The Balaban J connectivity index is 2.31. The molecule has 15 heavy (non-hydrogen) atoms. The number of nitriles is 1. The van der Waals surface area contributed by atoms with Gasteiger partial charge in [0, 0.05) is 12.7 Å². The molecule has 1 aromatic carbocycles. The minimum absolute atomic E-state index is 0.520. The Bertz CT molecular complexity index is 445. The van der Waals surface area contributed by atoms with Crippen LogP contribution in [-0.4, -0.2) is 13.0 Å². The van der Waals surface area contributed by atoms with Crippen molar-refractivity contribution < 1.29 is 4.79 Å². The minimum atomic E-state index is -0.520. The third kappa shape index (κ3) is 1.71. The Morgan fingerprint density at radius 3 is 2.87 bits per heavy atom. The third-order valence-corrected chi connectivity index (χ3v) is 2.87. The fourth-order valence-electron chi connectivity index (χ4n) is 1.96. The maximum Gasteiger partial charge on any atom is 0.329 e. The van der Waals surface area contributed by atoms with E-state index in [4.69, 9.17) is 5.26 Å². The molecule has 2 rings (SSSR count). The zero-order chi connectivity index (χ0) is 10.8. The fraction of sp³-hybridized carbons (Fsp3) is 0.333. The molecule has 0 N–H and O–H groups in total. The highest BCUT2D eigenvalue weighted by Gasteiger charge is 2.14. The van der Waals surface area contributed by atoms with Crippen LogP contribution >= 0.6 is 0 Å². The minimum Gasteiger partial charge on any atom is -0.303 e. The summed E-state index contributed by atoms with van der Waals surface area (Å²) in [6.07, 6.45) is 3.40. The molecule has 0 aliphatic heterocycles. The van der Waals surface area contributed by atoms with E-state index in [1.165, 1.54) is 22.4 Å². The predicted molar refractivity (Wildman–Crippen MR) is 57.5 cm³/mol. The average Bonchev–Trinajstić information content (AvgIpc) is 2.73. The molecule has 1 aliphatic carbocycles. The van der Waals surface area contributed by atoms with Crippen LogP contribution in [-0.2, 0) is 17.6 Å². The summed E-state index contributed by atoms with van der Waals surface area (Å²) < 4.78 is 0. The third-order valence-electron chi connectivity index (χ3n) is 2.87. The first-order valence-corrected chi connectivity index (χ1v) is 5.02. The van der Waals surface area contributed by atoms with Gasteiger partial charge in [-0.05, 0) is 42.5 Å². The summed E-state index contributed by atoms with van der Waals surface area (Å²) in [6.45, 7) is 0. The van der Waals surface area contributed by atoms with Gasteiger partial charge in [0.25, 0.3) is 0 Å². The number of aryl methyl sites for hydroxylation is 2. The van der Waals surface area contributed by atoms with E-state index in [2.05, 4.69) is 6.07 Å². The standard InChI is InChI=1S/C12H12N2O/c1-14(12(15)8-13)11-6-5-9-3-2-4-10(9)7-11/h5-7H,2-4H2,1H3. The molecule has 0 radical (unpaired) electrons. The lowest BCUT2D eigenvalue weighted by atomic mass is 10.1. The van der Waals surface area contributed by atoms with E-state index >= 15 is 0 Å². The predicted octanol–water partition coefficient (Wildman–Crippen LogP) is 1.66. The lowest BCUT2D eigenvalue weighted by molar-refractivity contribution is -0.113. The number of hydrogen-bond donors (Lipinski definition) is 0. The summed E-state index contributed by atoms with van der Waals surface area (Å²) in [5, 5.41) is 8.52. The van der Waals surface area contributed by atoms with Gasteiger partial charge in [-0.25, -0.2) is 0 Å². The Morgan fingerprint density at radius 1 is 1.40 bits per heavy atom. The molecule has 0 saturated heterocycles. The summed E-state index contributed by atoms with van der Waals surface area (Å²) >= 11 is 0. The van der Waals surface area contributed by atoms with Crippen molar-refractivity contribution in [2.75, 3.05) is 11.9 Å². The van der Waals surface area contributed by atoms with Crippen molar-refractivity contribution >= 4 is 11.6 Å². The van der Waals surface area contributed by atoms with Gasteiger partial charge in [0.15, 0.2) is 6.07 Å². The molecule has 0 unspecified atom stereocenters. The van der Waals surface area contributed by atoms with Crippen molar-refractivity contribution in [3.05, 3.63) is 29.3 Å². The molecule has 76 valence electrons. The van der Waals surface area contributed by atoms with Crippen LogP contribution in [0.1, 0.15) is 17.5 Å². The van der Waals surface area contributed by atoms with Crippen LogP contribution in [0.25, 0.3) is 0 Å². The molecule has 0 heterocycles. The maximum atomic E-state index is 11.2. The largest absolute Gasteiger partial charge is 0.329 e. The number of benzene rings is 1. The molecule has 0 fully saturated rings. The van der Waals surface area contributed by atoms with E-state index in [-0.39, 0.29) is 0 Å². The molecular weight excluding hydrogens is 188 g/mol. The highest BCUT2D eigenvalue weighted by Crippen LogP contribution is 2.26. The molecule has 1 aromatic rings. The maximum absolute atomic E-state index is 11.2. The summed E-state index contributed by atoms with van der Waals surface area (Å²) in [4.78, 5) is 12.6. The van der Waals surface area contributed by atoms with E-state index in [9.17, 15) is 4.79 Å². The van der Waals surface area contributed by atoms with Crippen LogP contribution in [0.4, 0.5) is 5.69 Å². The summed E-state index contributed by atoms with van der Waals surface area (Å²) in [5.74, 6) is -0.520. The molecule has 0 spiro atoms. The number of hydrogen-bond acceptors (Lipinski definition) is 2. The number of carbonyl (C=O) groups excluding carboxylic acids is 1. The zero-order valence-corrected chi connectivity index (χ0v) is 8.66. The Hall–Kier alpha value is -1.82. The number of rotatable bonds is 1. The Kier molecular flexibility index (Phi) is 2.42. The molecule has 0 bridgehead atoms. The SMILES string of the molecule is CN(C(=O)C#N)c1ccc2c(c1)CCC2. The van der Waals surface area contributed by atoms with Crippen molar-refractivity contribution in [1.29, 1.82) is 5.26 Å². The molecule has 1 aliphatic rings. The van der Waals surface area contributed by atoms with Crippen LogP contribution < -0.4 is 4.90 Å². The molecule has 0 aromatic heterocycles. The van der Waals surface area contributed by atoms with Crippen LogP contribution in [0.5, 0.6) is 0 Å². The Morgan fingerprint density at radius 2 is 2.13 bits per heavy atom. The van der Waals surface area contributed by atoms with Gasteiger partial charge in [-0.2, -0.15) is 5.26 Å². The highest BCUT2D eigenvalue weighted by atomic mass is 16.2. The van der Waals surface area contributed by atoms with E-state index < -0.39 is 5.91 Å².